The smallest absolute Gasteiger partial charge is 0.352 e. The minimum atomic E-state index is -4.74. The summed E-state index contributed by atoms with van der Waals surface area (Å²) in [6.07, 6.45) is -4.74. The lowest BCUT2D eigenvalue weighted by Crippen LogP contribution is -2.16. The van der Waals surface area contributed by atoms with Gasteiger partial charge in [-0.25, -0.2) is 4.98 Å². The molecule has 0 aliphatic heterocycles. The van der Waals surface area contributed by atoms with Crippen LogP contribution in [0.3, 0.4) is 0 Å². The van der Waals surface area contributed by atoms with E-state index in [9.17, 15) is 23.2 Å². The maximum Gasteiger partial charge on any atom is 0.417 e. The number of halogens is 3. The molecule has 1 atom stereocenters. The van der Waals surface area contributed by atoms with Gasteiger partial charge in [0.2, 0.25) is 0 Å². The number of H-pyrrole nitrogens is 1. The van der Waals surface area contributed by atoms with Crippen molar-refractivity contribution in [1.29, 1.82) is 5.26 Å². The molecule has 4 rings (SSSR count). The minimum Gasteiger partial charge on any atom is -0.352 e. The summed E-state index contributed by atoms with van der Waals surface area (Å²) in [6, 6.07) is 20.0. The van der Waals surface area contributed by atoms with Crippen LogP contribution in [0, 0.1) is 11.3 Å². The number of nitriles is 1. The Morgan fingerprint density at radius 1 is 1.09 bits per heavy atom. The highest BCUT2D eigenvalue weighted by Crippen LogP contribution is 2.39. The number of carbonyl (C=O) groups excluding carboxylic acids is 1. The first-order valence-electron chi connectivity index (χ1n) is 9.64. The Balaban J connectivity index is 1.74. The first-order valence-corrected chi connectivity index (χ1v) is 10.5. The number of Topliss-reactive ketones (excluding diaryl/α,β-unsaturated/α-hetero) is 1. The number of thioether (sulfide) groups is 1. The quantitative estimate of drug-likeness (QED) is 0.278. The lowest BCUT2D eigenvalue weighted by atomic mass is 10.1. The molecule has 0 spiro atoms. The predicted octanol–water partition coefficient (Wildman–Crippen LogP) is 6.48. The molecule has 8 heteroatoms. The van der Waals surface area contributed by atoms with Gasteiger partial charge in [-0.1, -0.05) is 60.3 Å². The number of fused-ring (bicyclic) bond motifs is 1. The second kappa shape index (κ2) is 8.52. The Kier molecular flexibility index (Phi) is 5.76. The topological polar surface area (TPSA) is 69.5 Å². The first kappa shape index (κ1) is 21.7. The van der Waals surface area contributed by atoms with E-state index in [0.717, 1.165) is 28.7 Å². The van der Waals surface area contributed by atoms with Crippen molar-refractivity contribution in [2.45, 2.75) is 23.4 Å². The van der Waals surface area contributed by atoms with Gasteiger partial charge in [-0.15, -0.1) is 0 Å². The van der Waals surface area contributed by atoms with E-state index in [1.54, 1.807) is 49.4 Å². The second-order valence-corrected chi connectivity index (χ2v) is 8.43. The van der Waals surface area contributed by atoms with Crippen molar-refractivity contribution >= 4 is 28.4 Å². The normalized spacial score (nSPS) is 12.5. The van der Waals surface area contributed by atoms with Crippen LogP contribution in [-0.4, -0.2) is 21.0 Å². The highest BCUT2D eigenvalue weighted by atomic mass is 32.2. The zero-order valence-corrected chi connectivity index (χ0v) is 17.6. The van der Waals surface area contributed by atoms with Crippen molar-refractivity contribution < 1.29 is 18.0 Å². The minimum absolute atomic E-state index is 0.0877. The van der Waals surface area contributed by atoms with Crippen LogP contribution in [0.2, 0.25) is 0 Å². The summed E-state index contributed by atoms with van der Waals surface area (Å²) in [5.74, 6) is -0.296. The molecule has 0 unspecified atom stereocenters. The average Bonchev–Trinajstić information content (AvgIpc) is 3.22. The summed E-state index contributed by atoms with van der Waals surface area (Å²) in [5.41, 5.74) is 0.0537. The summed E-state index contributed by atoms with van der Waals surface area (Å²) in [7, 11) is 0. The lowest BCUT2D eigenvalue weighted by Gasteiger charge is -2.16. The highest BCUT2D eigenvalue weighted by Gasteiger charge is 2.36. The van der Waals surface area contributed by atoms with Gasteiger partial charge in [0, 0.05) is 16.5 Å². The standard InChI is InChI=1S/C24H16F3N3OS/c1-14(22(31)21-11-16-9-5-6-10-19(16)29-21)32-23-17(13-28)18(24(25,26)27)12-20(30-23)15-7-3-2-4-8-15/h2-12,14,29H,1H3/t14-/m0/s1. The van der Waals surface area contributed by atoms with E-state index in [0.29, 0.717) is 11.3 Å². The number of carbonyl (C=O) groups is 1. The third-order valence-corrected chi connectivity index (χ3v) is 6.01. The first-order chi connectivity index (χ1) is 15.3. The predicted molar refractivity (Wildman–Crippen MR) is 117 cm³/mol. The molecule has 2 aromatic heterocycles. The fraction of sp³-hybridized carbons (Fsp3) is 0.125. The summed E-state index contributed by atoms with van der Waals surface area (Å²) >= 11 is 0.844. The number of hydrogen-bond donors (Lipinski definition) is 1. The van der Waals surface area contributed by atoms with Crippen molar-refractivity contribution in [1.82, 2.24) is 9.97 Å². The molecule has 0 radical (unpaired) electrons. The Bertz CT molecular complexity index is 1310. The van der Waals surface area contributed by atoms with Gasteiger partial charge in [-0.05, 0) is 25.1 Å². The molecule has 0 fully saturated rings. The second-order valence-electron chi connectivity index (χ2n) is 7.11. The van der Waals surface area contributed by atoms with Gasteiger partial charge in [0.25, 0.3) is 0 Å². The van der Waals surface area contributed by atoms with Crippen molar-refractivity contribution in [3.05, 3.63) is 83.6 Å². The summed E-state index contributed by atoms with van der Waals surface area (Å²) in [5, 5.41) is 9.45. The van der Waals surface area contributed by atoms with E-state index in [2.05, 4.69) is 9.97 Å². The summed E-state index contributed by atoms with van der Waals surface area (Å²) < 4.78 is 41.2. The Labute approximate surface area is 186 Å². The van der Waals surface area contributed by atoms with Gasteiger partial charge >= 0.3 is 6.18 Å². The zero-order valence-electron chi connectivity index (χ0n) is 16.8. The van der Waals surface area contributed by atoms with Crippen LogP contribution < -0.4 is 0 Å². The highest BCUT2D eigenvalue weighted by molar-refractivity contribution is 8.00. The van der Waals surface area contributed by atoms with E-state index in [-0.39, 0.29) is 16.5 Å². The molecule has 0 aliphatic carbocycles. The number of aromatic nitrogens is 2. The van der Waals surface area contributed by atoms with Crippen molar-refractivity contribution in [2.24, 2.45) is 0 Å². The number of ketones is 1. The Hall–Kier alpha value is -3.57. The van der Waals surface area contributed by atoms with Crippen LogP contribution in [0.4, 0.5) is 13.2 Å². The van der Waals surface area contributed by atoms with E-state index in [1.165, 1.54) is 0 Å². The number of nitrogens with one attached hydrogen (secondary N) is 1. The molecule has 0 saturated heterocycles. The molecule has 160 valence electrons. The van der Waals surface area contributed by atoms with Crippen molar-refractivity contribution in [3.63, 3.8) is 0 Å². The Morgan fingerprint density at radius 2 is 1.78 bits per heavy atom. The molecule has 32 heavy (non-hydrogen) atoms. The molecular weight excluding hydrogens is 435 g/mol. The summed E-state index contributed by atoms with van der Waals surface area (Å²) in [4.78, 5) is 20.3. The van der Waals surface area contributed by atoms with Crippen LogP contribution in [0.25, 0.3) is 22.2 Å². The number of pyridine rings is 1. The number of nitrogens with zero attached hydrogens (tertiary/aromatic N) is 2. The van der Waals surface area contributed by atoms with Crippen molar-refractivity contribution in [3.8, 4) is 17.3 Å². The molecule has 4 nitrogen and oxygen atoms in total. The number of benzene rings is 2. The van der Waals surface area contributed by atoms with Crippen LogP contribution in [-0.2, 0) is 6.18 Å². The lowest BCUT2D eigenvalue weighted by molar-refractivity contribution is -0.138. The maximum atomic E-state index is 13.7. The number of aromatic amines is 1. The van der Waals surface area contributed by atoms with Crippen LogP contribution in [0.1, 0.15) is 28.5 Å². The number of para-hydroxylation sites is 1. The Morgan fingerprint density at radius 3 is 2.44 bits per heavy atom. The maximum absolute atomic E-state index is 13.7. The fourth-order valence-electron chi connectivity index (χ4n) is 3.34. The van der Waals surface area contributed by atoms with Gasteiger partial charge < -0.3 is 4.98 Å². The van der Waals surface area contributed by atoms with Gasteiger partial charge in [0.05, 0.1) is 27.8 Å². The number of rotatable bonds is 5. The molecule has 2 aromatic carbocycles. The van der Waals surface area contributed by atoms with E-state index < -0.39 is 22.6 Å². The molecule has 0 saturated carbocycles. The monoisotopic (exact) mass is 451 g/mol. The average molecular weight is 451 g/mol. The molecule has 0 amide bonds. The molecule has 0 aliphatic rings. The third kappa shape index (κ3) is 4.25. The van der Waals surface area contributed by atoms with Crippen LogP contribution in [0.15, 0.2) is 71.8 Å². The fourth-order valence-corrected chi connectivity index (χ4v) is 4.33. The zero-order chi connectivity index (χ0) is 22.9. The molecule has 2 heterocycles. The number of alkyl halides is 3. The van der Waals surface area contributed by atoms with Gasteiger partial charge in [-0.2, -0.15) is 18.4 Å². The van der Waals surface area contributed by atoms with Crippen LogP contribution in [0.5, 0.6) is 0 Å². The van der Waals surface area contributed by atoms with Crippen molar-refractivity contribution in [2.75, 3.05) is 0 Å². The number of hydrogen-bond acceptors (Lipinski definition) is 4. The molecule has 0 bridgehead atoms. The SMILES string of the molecule is C[C@H](Sc1nc(-c2ccccc2)cc(C(F)(F)F)c1C#N)C(=O)c1cc2ccccc2[nH]1. The van der Waals surface area contributed by atoms with Gasteiger partial charge in [0.1, 0.15) is 11.1 Å². The van der Waals surface area contributed by atoms with E-state index in [4.69, 9.17) is 0 Å². The molecule has 4 aromatic rings. The molecule has 1 N–H and O–H groups in total. The van der Waals surface area contributed by atoms with Crippen LogP contribution >= 0.6 is 11.8 Å². The van der Waals surface area contributed by atoms with E-state index >= 15 is 0 Å². The third-order valence-electron chi connectivity index (χ3n) is 4.93. The largest absolute Gasteiger partial charge is 0.417 e. The molecular formula is C24H16F3N3OS. The van der Waals surface area contributed by atoms with Gasteiger partial charge in [0.15, 0.2) is 5.78 Å². The van der Waals surface area contributed by atoms with E-state index in [1.807, 2.05) is 24.3 Å². The van der Waals surface area contributed by atoms with Gasteiger partial charge in [-0.3, -0.25) is 4.79 Å². The summed E-state index contributed by atoms with van der Waals surface area (Å²) in [6.45, 7) is 1.59.